The average molecular weight is 211 g/mol. The maximum absolute atomic E-state index is 11.3. The van der Waals surface area contributed by atoms with E-state index in [1.807, 2.05) is 4.90 Å². The van der Waals surface area contributed by atoms with Crippen LogP contribution in [0.1, 0.15) is 32.6 Å². The number of likely N-dealkylation sites (tertiary alicyclic amines) is 1. The Morgan fingerprint density at radius 1 is 1.53 bits per heavy atom. The summed E-state index contributed by atoms with van der Waals surface area (Å²) in [6.45, 7) is 3.78. The van der Waals surface area contributed by atoms with Gasteiger partial charge >= 0.3 is 0 Å². The molecular formula is C12H21NO2. The molecule has 0 N–H and O–H groups in total. The van der Waals surface area contributed by atoms with Crippen molar-refractivity contribution in [3.63, 3.8) is 0 Å². The van der Waals surface area contributed by atoms with E-state index in [-0.39, 0.29) is 5.91 Å². The zero-order valence-corrected chi connectivity index (χ0v) is 9.74. The number of hydrogen-bond donors (Lipinski definition) is 0. The number of allylic oxidation sites excluding steroid dienone is 1. The molecular weight excluding hydrogens is 190 g/mol. The third-order valence-electron chi connectivity index (χ3n) is 2.70. The van der Waals surface area contributed by atoms with Gasteiger partial charge in [0.05, 0.1) is 12.5 Å². The van der Waals surface area contributed by atoms with Gasteiger partial charge < -0.3 is 9.64 Å². The minimum Gasteiger partial charge on any atom is -0.385 e. The van der Waals surface area contributed by atoms with E-state index in [4.69, 9.17) is 4.74 Å². The summed E-state index contributed by atoms with van der Waals surface area (Å²) >= 11 is 0. The summed E-state index contributed by atoms with van der Waals surface area (Å²) in [6.07, 6.45) is 8.10. The van der Waals surface area contributed by atoms with Gasteiger partial charge in [-0.15, -0.1) is 0 Å². The van der Waals surface area contributed by atoms with E-state index in [1.54, 1.807) is 7.11 Å². The number of amides is 1. The van der Waals surface area contributed by atoms with Crippen molar-refractivity contribution in [3.05, 3.63) is 12.2 Å². The van der Waals surface area contributed by atoms with Crippen molar-refractivity contribution >= 4 is 5.91 Å². The summed E-state index contributed by atoms with van der Waals surface area (Å²) in [7, 11) is 1.71. The van der Waals surface area contributed by atoms with Gasteiger partial charge in [0.1, 0.15) is 0 Å². The monoisotopic (exact) mass is 211 g/mol. The molecule has 1 unspecified atom stereocenters. The zero-order valence-electron chi connectivity index (χ0n) is 9.74. The van der Waals surface area contributed by atoms with Crippen LogP contribution in [0, 0.1) is 0 Å². The van der Waals surface area contributed by atoms with E-state index in [9.17, 15) is 4.79 Å². The molecule has 1 atom stereocenters. The van der Waals surface area contributed by atoms with Gasteiger partial charge in [-0.1, -0.05) is 19.1 Å². The fourth-order valence-electron chi connectivity index (χ4n) is 1.76. The predicted octanol–water partition coefficient (Wildman–Crippen LogP) is 1.98. The van der Waals surface area contributed by atoms with Crippen LogP contribution in [0.2, 0.25) is 0 Å². The molecule has 1 amide bonds. The third kappa shape index (κ3) is 3.67. The average Bonchev–Trinajstić information content (AvgIpc) is 2.23. The van der Waals surface area contributed by atoms with Gasteiger partial charge in [-0.05, 0) is 19.3 Å². The molecule has 15 heavy (non-hydrogen) atoms. The van der Waals surface area contributed by atoms with Crippen molar-refractivity contribution in [1.29, 1.82) is 0 Å². The van der Waals surface area contributed by atoms with Crippen LogP contribution in [0.3, 0.4) is 0 Å². The number of carbonyl (C=O) groups is 1. The summed E-state index contributed by atoms with van der Waals surface area (Å²) in [5.41, 5.74) is 0. The molecule has 0 aromatic carbocycles. The largest absolute Gasteiger partial charge is 0.385 e. The molecule has 0 saturated carbocycles. The normalized spacial score (nSPS) is 21.1. The first-order valence-electron chi connectivity index (χ1n) is 5.74. The Morgan fingerprint density at radius 2 is 2.33 bits per heavy atom. The van der Waals surface area contributed by atoms with Crippen LogP contribution in [-0.2, 0) is 9.53 Å². The summed E-state index contributed by atoms with van der Waals surface area (Å²) in [5.74, 6) is 0.290. The van der Waals surface area contributed by atoms with Gasteiger partial charge in [-0.2, -0.15) is 0 Å². The lowest BCUT2D eigenvalue weighted by atomic mass is 10.0. The smallest absolute Gasteiger partial charge is 0.225 e. The molecule has 1 heterocycles. The molecule has 0 aromatic heterocycles. The third-order valence-corrected chi connectivity index (χ3v) is 2.70. The maximum Gasteiger partial charge on any atom is 0.225 e. The van der Waals surface area contributed by atoms with Gasteiger partial charge in [0.15, 0.2) is 0 Å². The van der Waals surface area contributed by atoms with Crippen molar-refractivity contribution in [2.75, 3.05) is 20.3 Å². The Balaban J connectivity index is 2.20. The molecule has 1 aliphatic heterocycles. The molecule has 1 aliphatic rings. The Morgan fingerprint density at radius 3 is 2.93 bits per heavy atom. The van der Waals surface area contributed by atoms with Crippen molar-refractivity contribution in [2.24, 2.45) is 0 Å². The predicted molar refractivity (Wildman–Crippen MR) is 60.7 cm³/mol. The number of nitrogens with zero attached hydrogens (tertiary/aromatic N) is 1. The molecule has 1 saturated heterocycles. The highest BCUT2D eigenvalue weighted by molar-refractivity contribution is 5.83. The molecule has 1 fully saturated rings. The molecule has 0 spiro atoms. The second-order valence-corrected chi connectivity index (χ2v) is 3.89. The van der Waals surface area contributed by atoms with Gasteiger partial charge in [0.2, 0.25) is 5.91 Å². The number of β-lactam (4-membered cyclic amide) rings is 1. The van der Waals surface area contributed by atoms with E-state index >= 15 is 0 Å². The highest BCUT2D eigenvalue weighted by atomic mass is 16.5. The molecule has 3 nitrogen and oxygen atoms in total. The van der Waals surface area contributed by atoms with E-state index in [0.717, 1.165) is 32.4 Å². The first-order valence-corrected chi connectivity index (χ1v) is 5.74. The first kappa shape index (κ1) is 12.2. The van der Waals surface area contributed by atoms with Crippen LogP contribution in [0.4, 0.5) is 0 Å². The topological polar surface area (TPSA) is 29.5 Å². The lowest BCUT2D eigenvalue weighted by molar-refractivity contribution is -0.143. The number of rotatable bonds is 7. The van der Waals surface area contributed by atoms with Crippen molar-refractivity contribution in [2.45, 2.75) is 38.6 Å². The quantitative estimate of drug-likeness (QED) is 0.366. The van der Waals surface area contributed by atoms with Crippen molar-refractivity contribution in [3.8, 4) is 0 Å². The number of hydrogen-bond acceptors (Lipinski definition) is 2. The fourth-order valence-corrected chi connectivity index (χ4v) is 1.76. The second kappa shape index (κ2) is 6.62. The van der Waals surface area contributed by atoms with E-state index < -0.39 is 0 Å². The summed E-state index contributed by atoms with van der Waals surface area (Å²) in [4.78, 5) is 13.3. The minimum absolute atomic E-state index is 0.290. The Hall–Kier alpha value is -0.830. The zero-order chi connectivity index (χ0) is 11.1. The van der Waals surface area contributed by atoms with Crippen LogP contribution in [0.15, 0.2) is 12.2 Å². The van der Waals surface area contributed by atoms with Crippen LogP contribution in [0.5, 0.6) is 0 Å². The molecule has 0 aliphatic carbocycles. The van der Waals surface area contributed by atoms with Gasteiger partial charge in [0.25, 0.3) is 0 Å². The number of carbonyl (C=O) groups excluding carboxylic acids is 1. The molecule has 0 aromatic rings. The highest BCUT2D eigenvalue weighted by Gasteiger charge is 2.32. The molecule has 0 radical (unpaired) electrons. The molecule has 86 valence electrons. The van der Waals surface area contributed by atoms with Gasteiger partial charge in [-0.25, -0.2) is 0 Å². The summed E-state index contributed by atoms with van der Waals surface area (Å²) in [6, 6.07) is 0.361. The van der Waals surface area contributed by atoms with Crippen LogP contribution in [0.25, 0.3) is 0 Å². The van der Waals surface area contributed by atoms with E-state index in [0.29, 0.717) is 12.5 Å². The fraction of sp³-hybridized carbons (Fsp3) is 0.750. The van der Waals surface area contributed by atoms with Crippen LogP contribution in [-0.4, -0.2) is 37.1 Å². The molecule has 3 heteroatoms. The number of unbranched alkanes of at least 4 members (excludes halogenated alkanes) is 1. The molecule has 0 bridgehead atoms. The maximum atomic E-state index is 11.3. The van der Waals surface area contributed by atoms with E-state index in [2.05, 4.69) is 19.1 Å². The SMILES string of the molecule is CCC=CC1CC(=O)N1CCCCOC. The summed E-state index contributed by atoms with van der Waals surface area (Å²) in [5, 5.41) is 0. The Labute approximate surface area is 92.1 Å². The van der Waals surface area contributed by atoms with Crippen molar-refractivity contribution < 1.29 is 9.53 Å². The van der Waals surface area contributed by atoms with Crippen LogP contribution >= 0.6 is 0 Å². The van der Waals surface area contributed by atoms with Gasteiger partial charge in [0, 0.05) is 20.3 Å². The number of methoxy groups -OCH3 is 1. The first-order chi connectivity index (χ1) is 7.29. The number of ether oxygens (including phenoxy) is 1. The standard InChI is InChI=1S/C12H21NO2/c1-3-4-7-11-10-12(14)13(11)8-5-6-9-15-2/h4,7,11H,3,5-6,8-10H2,1-2H3. The lowest BCUT2D eigenvalue weighted by Gasteiger charge is -2.39. The van der Waals surface area contributed by atoms with Crippen molar-refractivity contribution in [1.82, 2.24) is 4.90 Å². The van der Waals surface area contributed by atoms with E-state index in [1.165, 1.54) is 0 Å². The second-order valence-electron chi connectivity index (χ2n) is 3.89. The Kier molecular flexibility index (Phi) is 5.40. The summed E-state index contributed by atoms with van der Waals surface area (Å²) < 4.78 is 4.98. The van der Waals surface area contributed by atoms with Gasteiger partial charge in [-0.3, -0.25) is 4.79 Å². The Bertz CT molecular complexity index is 226. The lowest BCUT2D eigenvalue weighted by Crippen LogP contribution is -2.51. The van der Waals surface area contributed by atoms with Crippen LogP contribution < -0.4 is 0 Å². The highest BCUT2D eigenvalue weighted by Crippen LogP contribution is 2.21. The minimum atomic E-state index is 0.290. The molecule has 1 rings (SSSR count).